The number of aliphatic hydroxyl groups excluding tert-OH is 1. The van der Waals surface area contributed by atoms with E-state index in [1.54, 1.807) is 6.07 Å². The lowest BCUT2D eigenvalue weighted by Gasteiger charge is -2.08. The molecule has 0 saturated heterocycles. The molecule has 2 aromatic rings. The van der Waals surface area contributed by atoms with Crippen LogP contribution in [0.4, 0.5) is 5.69 Å². The molecule has 1 aromatic carbocycles. The topological polar surface area (TPSA) is 79.5 Å². The third-order valence-electron chi connectivity index (χ3n) is 2.32. The summed E-state index contributed by atoms with van der Waals surface area (Å²) in [7, 11) is -3.92. The molecular formula is C11H8BrCl2NO4S. The van der Waals surface area contributed by atoms with Crippen LogP contribution in [0.1, 0.15) is 5.76 Å². The average molecular weight is 401 g/mol. The van der Waals surface area contributed by atoms with Gasteiger partial charge in [-0.3, -0.25) is 4.72 Å². The number of rotatable bonds is 4. The number of aliphatic hydroxyl groups is 1. The Kier molecular flexibility index (Phi) is 4.66. The summed E-state index contributed by atoms with van der Waals surface area (Å²) in [6, 6.07) is 5.62. The van der Waals surface area contributed by atoms with Crippen molar-refractivity contribution in [2.45, 2.75) is 11.5 Å². The van der Waals surface area contributed by atoms with Gasteiger partial charge in [0.2, 0.25) is 0 Å². The monoisotopic (exact) mass is 399 g/mol. The van der Waals surface area contributed by atoms with E-state index in [1.165, 1.54) is 18.2 Å². The zero-order valence-corrected chi connectivity index (χ0v) is 13.6. The molecule has 5 nitrogen and oxygen atoms in total. The normalized spacial score (nSPS) is 11.6. The largest absolute Gasteiger partial charge is 0.450 e. The summed E-state index contributed by atoms with van der Waals surface area (Å²) in [4.78, 5) is -0.141. The van der Waals surface area contributed by atoms with Gasteiger partial charge in [-0.15, -0.1) is 0 Å². The van der Waals surface area contributed by atoms with Crippen LogP contribution in [0.15, 0.2) is 38.2 Å². The molecule has 0 radical (unpaired) electrons. The van der Waals surface area contributed by atoms with Crippen molar-refractivity contribution in [3.8, 4) is 0 Å². The first kappa shape index (κ1) is 15.7. The molecule has 0 bridgehead atoms. The maximum absolute atomic E-state index is 12.2. The van der Waals surface area contributed by atoms with Crippen LogP contribution >= 0.6 is 39.1 Å². The minimum absolute atomic E-state index is 0.00722. The lowest BCUT2D eigenvalue weighted by molar-refractivity contribution is 0.245. The van der Waals surface area contributed by atoms with E-state index in [1.807, 2.05) is 0 Å². The highest BCUT2D eigenvalue weighted by molar-refractivity contribution is 9.10. The fraction of sp³-hybridized carbons (Fsp3) is 0.0909. The summed E-state index contributed by atoms with van der Waals surface area (Å²) in [5.74, 6) is 0.120. The third-order valence-corrected chi connectivity index (χ3v) is 5.11. The average Bonchev–Trinajstić information content (AvgIpc) is 2.76. The molecule has 0 spiro atoms. The minimum Gasteiger partial charge on any atom is -0.450 e. The van der Waals surface area contributed by atoms with Crippen LogP contribution in [0.2, 0.25) is 10.0 Å². The van der Waals surface area contributed by atoms with Crippen LogP contribution in [0.5, 0.6) is 0 Å². The molecule has 0 aliphatic heterocycles. The van der Waals surface area contributed by atoms with E-state index < -0.39 is 16.6 Å². The number of hydrogen-bond donors (Lipinski definition) is 2. The van der Waals surface area contributed by atoms with Gasteiger partial charge in [-0.25, -0.2) is 8.42 Å². The molecular weight excluding hydrogens is 393 g/mol. The Morgan fingerprint density at radius 2 is 2.00 bits per heavy atom. The van der Waals surface area contributed by atoms with Crippen LogP contribution in [-0.4, -0.2) is 13.5 Å². The van der Waals surface area contributed by atoms with Gasteiger partial charge < -0.3 is 9.52 Å². The number of hydrogen-bond acceptors (Lipinski definition) is 4. The molecule has 108 valence electrons. The van der Waals surface area contributed by atoms with Crippen molar-refractivity contribution >= 4 is 54.8 Å². The number of anilines is 1. The number of nitrogens with one attached hydrogen (secondary N) is 1. The zero-order valence-electron chi connectivity index (χ0n) is 9.73. The predicted octanol–water partition coefficient (Wildman–Crippen LogP) is 3.64. The summed E-state index contributed by atoms with van der Waals surface area (Å²) >= 11 is 14.7. The smallest absolute Gasteiger partial charge is 0.266 e. The molecule has 0 unspecified atom stereocenters. The minimum atomic E-state index is -3.92. The van der Waals surface area contributed by atoms with Gasteiger partial charge in [-0.2, -0.15) is 0 Å². The van der Waals surface area contributed by atoms with E-state index in [0.29, 0.717) is 5.02 Å². The molecule has 0 amide bonds. The second-order valence-electron chi connectivity index (χ2n) is 3.74. The summed E-state index contributed by atoms with van der Waals surface area (Å²) in [5, 5.41) is 9.49. The quantitative estimate of drug-likeness (QED) is 0.820. The Labute approximate surface area is 133 Å². The molecule has 0 saturated carbocycles. The first-order valence-corrected chi connectivity index (χ1v) is 8.23. The van der Waals surface area contributed by atoms with Crippen molar-refractivity contribution < 1.29 is 17.9 Å². The Bertz CT molecular complexity index is 745. The first-order chi connectivity index (χ1) is 9.33. The second kappa shape index (κ2) is 5.95. The molecule has 1 heterocycles. The van der Waals surface area contributed by atoms with Gasteiger partial charge in [0.1, 0.15) is 17.3 Å². The summed E-state index contributed by atoms with van der Waals surface area (Å²) in [6.45, 7) is -0.411. The molecule has 0 aliphatic carbocycles. The zero-order chi connectivity index (χ0) is 14.9. The number of furan rings is 1. The van der Waals surface area contributed by atoms with Gasteiger partial charge in [0, 0.05) is 11.1 Å². The lowest BCUT2D eigenvalue weighted by Crippen LogP contribution is -2.13. The van der Waals surface area contributed by atoms with Gasteiger partial charge in [0.25, 0.3) is 10.0 Å². The van der Waals surface area contributed by atoms with Crippen LogP contribution in [0, 0.1) is 0 Å². The Hall–Kier alpha value is -0.730. The van der Waals surface area contributed by atoms with E-state index in [4.69, 9.17) is 32.7 Å². The highest BCUT2D eigenvalue weighted by Crippen LogP contribution is 2.31. The SMILES string of the molecule is O=S(=O)(Nc1cc(Cl)ccc1Cl)c1cc(CO)oc1Br. The van der Waals surface area contributed by atoms with Gasteiger partial charge in [-0.05, 0) is 34.1 Å². The van der Waals surface area contributed by atoms with Gasteiger partial charge in [-0.1, -0.05) is 23.2 Å². The molecule has 1 aromatic heterocycles. The number of benzene rings is 1. The van der Waals surface area contributed by atoms with E-state index in [0.717, 1.165) is 0 Å². The first-order valence-electron chi connectivity index (χ1n) is 5.20. The van der Waals surface area contributed by atoms with Crippen molar-refractivity contribution in [2.24, 2.45) is 0 Å². The van der Waals surface area contributed by atoms with Crippen LogP contribution in [-0.2, 0) is 16.6 Å². The molecule has 0 aliphatic rings. The van der Waals surface area contributed by atoms with Crippen LogP contribution in [0.3, 0.4) is 0 Å². The van der Waals surface area contributed by atoms with Crippen LogP contribution < -0.4 is 4.72 Å². The van der Waals surface area contributed by atoms with Crippen molar-refractivity contribution in [3.05, 3.63) is 44.7 Å². The van der Waals surface area contributed by atoms with Crippen molar-refractivity contribution in [2.75, 3.05) is 4.72 Å². The fourth-order valence-corrected chi connectivity index (χ4v) is 3.90. The summed E-state index contributed by atoms with van der Waals surface area (Å²) in [6.07, 6.45) is 0. The van der Waals surface area contributed by atoms with Gasteiger partial charge in [0.15, 0.2) is 4.67 Å². The number of sulfonamides is 1. The summed E-state index contributed by atoms with van der Waals surface area (Å²) in [5.41, 5.74) is 0.151. The van der Waals surface area contributed by atoms with Crippen molar-refractivity contribution in [3.63, 3.8) is 0 Å². The Morgan fingerprint density at radius 3 is 2.60 bits per heavy atom. The van der Waals surface area contributed by atoms with E-state index >= 15 is 0 Å². The van der Waals surface area contributed by atoms with Gasteiger partial charge >= 0.3 is 0 Å². The fourth-order valence-electron chi connectivity index (χ4n) is 1.43. The third kappa shape index (κ3) is 3.29. The van der Waals surface area contributed by atoms with E-state index in [-0.39, 0.29) is 26.0 Å². The Morgan fingerprint density at radius 1 is 1.30 bits per heavy atom. The lowest BCUT2D eigenvalue weighted by atomic mass is 10.3. The molecule has 9 heteroatoms. The molecule has 0 atom stereocenters. The Balaban J connectivity index is 2.40. The molecule has 2 N–H and O–H groups in total. The highest BCUT2D eigenvalue weighted by atomic mass is 79.9. The second-order valence-corrected chi connectivity index (χ2v) is 6.95. The van der Waals surface area contributed by atoms with E-state index in [9.17, 15) is 8.42 Å². The van der Waals surface area contributed by atoms with Crippen molar-refractivity contribution in [1.29, 1.82) is 0 Å². The molecule has 0 fully saturated rings. The standard InChI is InChI=1S/C11H8BrCl2NO4S/c12-11-10(4-7(5-16)19-11)20(17,18)15-9-3-6(13)1-2-8(9)14/h1-4,15-16H,5H2. The molecule has 20 heavy (non-hydrogen) atoms. The maximum atomic E-state index is 12.2. The van der Waals surface area contributed by atoms with Crippen LogP contribution in [0.25, 0.3) is 0 Å². The van der Waals surface area contributed by atoms with E-state index in [2.05, 4.69) is 20.7 Å². The maximum Gasteiger partial charge on any atom is 0.266 e. The molecule has 2 rings (SSSR count). The predicted molar refractivity (Wildman–Crippen MR) is 79.6 cm³/mol. The highest BCUT2D eigenvalue weighted by Gasteiger charge is 2.23. The van der Waals surface area contributed by atoms with Gasteiger partial charge in [0.05, 0.1) is 10.7 Å². The van der Waals surface area contributed by atoms with Crippen molar-refractivity contribution in [1.82, 2.24) is 0 Å². The summed E-state index contributed by atoms with van der Waals surface area (Å²) < 4.78 is 31.8. The number of halogens is 3.